The molecule has 0 aliphatic heterocycles. The van der Waals surface area contributed by atoms with Crippen LogP contribution in [0.15, 0.2) is 59.9 Å². The molecule has 2 aromatic carbocycles. The molecule has 2 heterocycles. The van der Waals surface area contributed by atoms with Crippen LogP contribution in [-0.2, 0) is 4.79 Å². The van der Waals surface area contributed by atoms with Gasteiger partial charge in [0.2, 0.25) is 5.91 Å². The van der Waals surface area contributed by atoms with Gasteiger partial charge in [0, 0.05) is 33.9 Å². The third-order valence-corrected chi connectivity index (χ3v) is 5.73. The summed E-state index contributed by atoms with van der Waals surface area (Å²) in [5, 5.41) is 15.5. The van der Waals surface area contributed by atoms with E-state index in [1.165, 1.54) is 11.8 Å². The number of aromatic nitrogens is 4. The lowest BCUT2D eigenvalue weighted by Crippen LogP contribution is -2.48. The number of imide groups is 1. The van der Waals surface area contributed by atoms with Crippen LogP contribution < -0.4 is 10.6 Å². The van der Waals surface area contributed by atoms with E-state index in [1.807, 2.05) is 87.0 Å². The molecule has 170 valence electrons. The average Bonchev–Trinajstić information content (AvgIpc) is 3.34. The number of aromatic amines is 1. The fraction of sp³-hybridized carbons (Fsp3) is 0.250. The Morgan fingerprint density at radius 3 is 2.64 bits per heavy atom. The van der Waals surface area contributed by atoms with Gasteiger partial charge >= 0.3 is 6.03 Å². The van der Waals surface area contributed by atoms with Crippen LogP contribution in [0.25, 0.3) is 28.0 Å². The van der Waals surface area contributed by atoms with Crippen LogP contribution in [0.3, 0.4) is 0 Å². The number of H-pyrrole nitrogens is 1. The third kappa shape index (κ3) is 5.25. The summed E-state index contributed by atoms with van der Waals surface area (Å²) in [6.07, 6.45) is 1.92. The molecule has 0 aliphatic carbocycles. The van der Waals surface area contributed by atoms with E-state index in [0.717, 1.165) is 27.7 Å². The SMILES string of the molecule is Cc1cccc(-n2c(SCC(=O)NC(=O)NC(C)(C)C)nnc2-c2c[nH]c3ccccc23)c1. The Bertz CT molecular complexity index is 1320. The highest BCUT2D eigenvalue weighted by Gasteiger charge is 2.21. The second kappa shape index (κ2) is 9.11. The van der Waals surface area contributed by atoms with E-state index in [-0.39, 0.29) is 5.75 Å². The molecular weight excluding hydrogens is 436 g/mol. The van der Waals surface area contributed by atoms with Crippen LogP contribution in [0.5, 0.6) is 0 Å². The molecular formula is C24H26N6O2S. The first-order valence-corrected chi connectivity index (χ1v) is 11.5. The highest BCUT2D eigenvalue weighted by molar-refractivity contribution is 7.99. The number of thioether (sulfide) groups is 1. The minimum absolute atomic E-state index is 0.0232. The zero-order chi connectivity index (χ0) is 23.6. The van der Waals surface area contributed by atoms with Gasteiger partial charge in [0.15, 0.2) is 11.0 Å². The molecule has 0 saturated heterocycles. The molecule has 4 rings (SSSR count). The second-order valence-electron chi connectivity index (χ2n) is 8.77. The lowest BCUT2D eigenvalue weighted by Gasteiger charge is -2.20. The summed E-state index contributed by atoms with van der Waals surface area (Å²) in [5.41, 5.74) is 3.48. The van der Waals surface area contributed by atoms with Gasteiger partial charge in [-0.1, -0.05) is 42.1 Å². The van der Waals surface area contributed by atoms with Gasteiger partial charge in [0.05, 0.1) is 5.75 Å². The molecule has 3 amide bonds. The summed E-state index contributed by atoms with van der Waals surface area (Å²) in [4.78, 5) is 27.7. The largest absolute Gasteiger partial charge is 0.360 e. The number of amides is 3. The maximum atomic E-state index is 12.4. The number of carbonyl (C=O) groups excluding carboxylic acids is 2. The molecule has 0 bridgehead atoms. The molecule has 0 spiro atoms. The maximum Gasteiger partial charge on any atom is 0.321 e. The smallest absolute Gasteiger partial charge is 0.321 e. The number of carbonyl (C=O) groups is 2. The van der Waals surface area contributed by atoms with Crippen molar-refractivity contribution in [3.63, 3.8) is 0 Å². The van der Waals surface area contributed by atoms with Gasteiger partial charge in [-0.25, -0.2) is 4.79 Å². The van der Waals surface area contributed by atoms with Crippen LogP contribution in [0.2, 0.25) is 0 Å². The van der Waals surface area contributed by atoms with Crippen LogP contribution in [0.1, 0.15) is 26.3 Å². The van der Waals surface area contributed by atoms with E-state index in [4.69, 9.17) is 0 Å². The summed E-state index contributed by atoms with van der Waals surface area (Å²) in [6.45, 7) is 7.57. The lowest BCUT2D eigenvalue weighted by atomic mass is 10.1. The van der Waals surface area contributed by atoms with Gasteiger partial charge in [0.1, 0.15) is 0 Å². The number of benzene rings is 2. The van der Waals surface area contributed by atoms with Gasteiger partial charge in [-0.3, -0.25) is 14.7 Å². The Morgan fingerprint density at radius 2 is 1.88 bits per heavy atom. The van der Waals surface area contributed by atoms with Crippen LogP contribution >= 0.6 is 11.8 Å². The monoisotopic (exact) mass is 462 g/mol. The van der Waals surface area contributed by atoms with Crippen molar-refractivity contribution in [2.75, 3.05) is 5.75 Å². The Balaban J connectivity index is 1.64. The number of urea groups is 1. The Labute approximate surface area is 196 Å². The van der Waals surface area contributed by atoms with E-state index < -0.39 is 17.5 Å². The van der Waals surface area contributed by atoms with Crippen molar-refractivity contribution in [1.29, 1.82) is 0 Å². The number of nitrogens with one attached hydrogen (secondary N) is 3. The minimum atomic E-state index is -0.521. The van der Waals surface area contributed by atoms with Gasteiger partial charge in [-0.2, -0.15) is 0 Å². The van der Waals surface area contributed by atoms with Crippen molar-refractivity contribution >= 4 is 34.6 Å². The molecule has 2 aromatic heterocycles. The molecule has 0 aliphatic rings. The van der Waals surface area contributed by atoms with Crippen molar-refractivity contribution in [2.45, 2.75) is 38.4 Å². The molecule has 0 atom stereocenters. The first kappa shape index (κ1) is 22.6. The quantitative estimate of drug-likeness (QED) is 0.380. The van der Waals surface area contributed by atoms with E-state index in [2.05, 4.69) is 25.8 Å². The lowest BCUT2D eigenvalue weighted by molar-refractivity contribution is -0.117. The highest BCUT2D eigenvalue weighted by Crippen LogP contribution is 2.32. The fourth-order valence-corrected chi connectivity index (χ4v) is 4.21. The average molecular weight is 463 g/mol. The summed E-state index contributed by atoms with van der Waals surface area (Å²) < 4.78 is 1.94. The summed E-state index contributed by atoms with van der Waals surface area (Å²) >= 11 is 1.23. The fourth-order valence-electron chi connectivity index (χ4n) is 3.46. The van der Waals surface area contributed by atoms with E-state index in [1.54, 1.807) is 0 Å². The van der Waals surface area contributed by atoms with Crippen molar-refractivity contribution in [2.24, 2.45) is 0 Å². The number of fused-ring (bicyclic) bond motifs is 1. The normalized spacial score (nSPS) is 11.5. The molecule has 0 unspecified atom stereocenters. The second-order valence-corrected chi connectivity index (χ2v) is 9.71. The van der Waals surface area contributed by atoms with Crippen molar-refractivity contribution in [3.8, 4) is 17.1 Å². The Hall–Kier alpha value is -3.59. The van der Waals surface area contributed by atoms with Gasteiger partial charge in [-0.15, -0.1) is 10.2 Å². The molecule has 0 saturated carbocycles. The number of hydrogen-bond donors (Lipinski definition) is 3. The molecule has 8 nitrogen and oxygen atoms in total. The first-order chi connectivity index (χ1) is 15.7. The van der Waals surface area contributed by atoms with Crippen molar-refractivity contribution in [3.05, 3.63) is 60.3 Å². The third-order valence-electron chi connectivity index (χ3n) is 4.80. The summed E-state index contributed by atoms with van der Waals surface area (Å²) in [6, 6.07) is 15.5. The maximum absolute atomic E-state index is 12.4. The number of hydrogen-bond acceptors (Lipinski definition) is 5. The first-order valence-electron chi connectivity index (χ1n) is 10.5. The number of para-hydroxylation sites is 1. The minimum Gasteiger partial charge on any atom is -0.360 e. The number of nitrogens with zero attached hydrogens (tertiary/aromatic N) is 3. The number of rotatable bonds is 5. The predicted molar refractivity (Wildman–Crippen MR) is 131 cm³/mol. The standard InChI is InChI=1S/C24H26N6O2S/c1-15-8-7-9-16(12-15)30-21(18-13-25-19-11-6-5-10-17(18)19)28-29-23(30)33-14-20(31)26-22(32)27-24(2,3)4/h5-13,25H,14H2,1-4H3,(H2,26,27,31,32). The molecule has 0 fully saturated rings. The van der Waals surface area contributed by atoms with Crippen LogP contribution in [0, 0.1) is 6.92 Å². The Morgan fingerprint density at radius 1 is 1.09 bits per heavy atom. The molecule has 4 aromatic rings. The predicted octanol–water partition coefficient (Wildman–Crippen LogP) is 4.44. The van der Waals surface area contributed by atoms with Gasteiger partial charge < -0.3 is 10.3 Å². The Kier molecular flexibility index (Phi) is 6.24. The topological polar surface area (TPSA) is 105 Å². The summed E-state index contributed by atoms with van der Waals surface area (Å²) in [5.74, 6) is 0.288. The van der Waals surface area contributed by atoms with E-state index in [9.17, 15) is 9.59 Å². The van der Waals surface area contributed by atoms with E-state index >= 15 is 0 Å². The van der Waals surface area contributed by atoms with Crippen molar-refractivity contribution < 1.29 is 9.59 Å². The molecule has 9 heteroatoms. The zero-order valence-corrected chi connectivity index (χ0v) is 19.8. The van der Waals surface area contributed by atoms with E-state index in [0.29, 0.717) is 11.0 Å². The van der Waals surface area contributed by atoms with Crippen LogP contribution in [0.4, 0.5) is 4.79 Å². The van der Waals surface area contributed by atoms with Crippen molar-refractivity contribution in [1.82, 2.24) is 30.4 Å². The highest BCUT2D eigenvalue weighted by atomic mass is 32.2. The summed E-state index contributed by atoms with van der Waals surface area (Å²) in [7, 11) is 0. The van der Waals surface area contributed by atoms with Crippen LogP contribution in [-0.4, -0.2) is 43.0 Å². The molecule has 3 N–H and O–H groups in total. The zero-order valence-electron chi connectivity index (χ0n) is 19.0. The van der Waals surface area contributed by atoms with Gasteiger partial charge in [0.25, 0.3) is 0 Å². The number of aryl methyl sites for hydroxylation is 1. The van der Waals surface area contributed by atoms with Gasteiger partial charge in [-0.05, 0) is 51.5 Å². The molecule has 0 radical (unpaired) electrons. The molecule has 33 heavy (non-hydrogen) atoms.